The lowest BCUT2D eigenvalue weighted by Gasteiger charge is -2.19. The third-order valence-electron chi connectivity index (χ3n) is 6.20. The summed E-state index contributed by atoms with van der Waals surface area (Å²) >= 11 is 0. The molecule has 1 aliphatic rings. The number of fused-ring (bicyclic) bond motifs is 1. The van der Waals surface area contributed by atoms with Gasteiger partial charge in [-0.25, -0.2) is 12.8 Å². The largest absolute Gasteiger partial charge is 0.404 e. The molecule has 0 unspecified atom stereocenters. The molecule has 0 saturated heterocycles. The number of hydrogen-bond donors (Lipinski definition) is 1. The van der Waals surface area contributed by atoms with Gasteiger partial charge < -0.3 is 4.57 Å². The summed E-state index contributed by atoms with van der Waals surface area (Å²) in [6, 6.07) is 5.43. The van der Waals surface area contributed by atoms with Gasteiger partial charge in [0.1, 0.15) is 22.8 Å². The number of pyridine rings is 1. The van der Waals surface area contributed by atoms with Gasteiger partial charge in [-0.2, -0.15) is 23.2 Å². The van der Waals surface area contributed by atoms with E-state index in [0.717, 1.165) is 37.9 Å². The highest BCUT2D eigenvalue weighted by molar-refractivity contribution is 7.89. The predicted molar refractivity (Wildman–Crippen MR) is 118 cm³/mol. The monoisotopic (exact) mass is 494 g/mol. The fraction of sp³-hybridized carbons (Fsp3) is 0.391. The lowest BCUT2D eigenvalue weighted by atomic mass is 10.1. The van der Waals surface area contributed by atoms with E-state index < -0.39 is 33.0 Å². The van der Waals surface area contributed by atoms with Crippen molar-refractivity contribution in [3.8, 4) is 17.5 Å². The van der Waals surface area contributed by atoms with Gasteiger partial charge in [0.25, 0.3) is 0 Å². The van der Waals surface area contributed by atoms with Crippen LogP contribution in [-0.2, 0) is 10.0 Å². The van der Waals surface area contributed by atoms with Gasteiger partial charge in [0, 0.05) is 17.6 Å². The molecule has 1 atom stereocenters. The molecule has 6 nitrogen and oxygen atoms in total. The fourth-order valence-electron chi connectivity index (χ4n) is 4.39. The first-order chi connectivity index (χ1) is 15.9. The molecule has 3 aromatic rings. The Labute approximate surface area is 194 Å². The van der Waals surface area contributed by atoms with Gasteiger partial charge in [-0.3, -0.25) is 4.98 Å². The van der Waals surface area contributed by atoms with Crippen molar-refractivity contribution in [2.24, 2.45) is 0 Å². The van der Waals surface area contributed by atoms with Crippen LogP contribution >= 0.6 is 0 Å². The standard InChI is InChI=1S/C23H22F4N4O2S/c1-13-9-17-18(11-28)22(31(15-5-3-4-6-15)21(17)10-19(13)24)20-8-7-16(12-29-20)34(32,33)30-14(2)23(25,26)27/h7-10,12,14-15,30H,3-6H2,1-2H3/t14-/m0/s1. The van der Waals surface area contributed by atoms with Crippen LogP contribution in [-0.4, -0.2) is 30.2 Å². The molecular formula is C23H22F4N4O2S. The van der Waals surface area contributed by atoms with E-state index in [9.17, 15) is 31.2 Å². The lowest BCUT2D eigenvalue weighted by molar-refractivity contribution is -0.147. The predicted octanol–water partition coefficient (Wildman–Crippen LogP) is 5.37. The average molecular weight is 495 g/mol. The van der Waals surface area contributed by atoms with Crippen LogP contribution in [0.5, 0.6) is 0 Å². The first-order valence-corrected chi connectivity index (χ1v) is 12.2. The van der Waals surface area contributed by atoms with Crippen LogP contribution in [0.1, 0.15) is 49.8 Å². The second-order valence-electron chi connectivity index (χ2n) is 8.53. The third kappa shape index (κ3) is 4.28. The maximum atomic E-state index is 14.5. The van der Waals surface area contributed by atoms with Gasteiger partial charge in [-0.1, -0.05) is 12.8 Å². The average Bonchev–Trinajstić information content (AvgIpc) is 3.39. The van der Waals surface area contributed by atoms with E-state index in [4.69, 9.17) is 0 Å². The van der Waals surface area contributed by atoms with Crippen molar-refractivity contribution >= 4 is 20.9 Å². The molecular weight excluding hydrogens is 472 g/mol. The van der Waals surface area contributed by atoms with Crippen LogP contribution in [0, 0.1) is 24.1 Å². The molecule has 2 heterocycles. The van der Waals surface area contributed by atoms with Gasteiger partial charge in [-0.15, -0.1) is 0 Å². The zero-order chi connectivity index (χ0) is 24.8. The van der Waals surface area contributed by atoms with Crippen molar-refractivity contribution in [1.29, 1.82) is 5.26 Å². The second kappa shape index (κ2) is 8.67. The molecule has 0 bridgehead atoms. The van der Waals surface area contributed by atoms with E-state index in [0.29, 0.717) is 29.1 Å². The first-order valence-electron chi connectivity index (χ1n) is 10.7. The fourth-order valence-corrected chi connectivity index (χ4v) is 5.57. The molecule has 11 heteroatoms. The number of hydrogen-bond acceptors (Lipinski definition) is 4. The smallest absolute Gasteiger partial charge is 0.335 e. The summed E-state index contributed by atoms with van der Waals surface area (Å²) in [5, 5.41) is 10.5. The third-order valence-corrected chi connectivity index (χ3v) is 7.72. The van der Waals surface area contributed by atoms with Gasteiger partial charge in [0.2, 0.25) is 10.0 Å². The molecule has 180 valence electrons. The summed E-state index contributed by atoms with van der Waals surface area (Å²) in [5.74, 6) is -0.403. The van der Waals surface area contributed by atoms with Crippen LogP contribution in [0.25, 0.3) is 22.3 Å². The highest BCUT2D eigenvalue weighted by Crippen LogP contribution is 2.41. The minimum Gasteiger partial charge on any atom is -0.335 e. The van der Waals surface area contributed by atoms with E-state index in [1.54, 1.807) is 17.7 Å². The van der Waals surface area contributed by atoms with E-state index in [-0.39, 0.29) is 17.3 Å². The van der Waals surface area contributed by atoms with Crippen LogP contribution in [0.4, 0.5) is 17.6 Å². The molecule has 1 aromatic carbocycles. The van der Waals surface area contributed by atoms with Gasteiger partial charge >= 0.3 is 6.18 Å². The molecule has 1 aliphatic carbocycles. The Bertz CT molecular complexity index is 1380. The molecule has 0 aliphatic heterocycles. The Morgan fingerprint density at radius 1 is 1.24 bits per heavy atom. The number of rotatable bonds is 5. The zero-order valence-electron chi connectivity index (χ0n) is 18.4. The highest BCUT2D eigenvalue weighted by atomic mass is 32.2. The van der Waals surface area contributed by atoms with Gasteiger partial charge in [-0.05, 0) is 56.5 Å². The van der Waals surface area contributed by atoms with Crippen molar-refractivity contribution in [3.63, 3.8) is 0 Å². The summed E-state index contributed by atoms with van der Waals surface area (Å²) in [4.78, 5) is 3.77. The summed E-state index contributed by atoms with van der Waals surface area (Å²) in [6.45, 7) is 2.31. The Morgan fingerprint density at radius 3 is 2.47 bits per heavy atom. The SMILES string of the molecule is Cc1cc2c(C#N)c(-c3ccc(S(=O)(=O)N[C@@H](C)C(F)(F)F)cn3)n(C3CCCC3)c2cc1F. The molecule has 0 amide bonds. The van der Waals surface area contributed by atoms with Crippen molar-refractivity contribution in [3.05, 3.63) is 47.4 Å². The number of nitriles is 1. The van der Waals surface area contributed by atoms with E-state index in [1.807, 2.05) is 4.57 Å². The summed E-state index contributed by atoms with van der Waals surface area (Å²) in [5.41, 5.74) is 1.95. The Kier molecular flexibility index (Phi) is 6.16. The maximum Gasteiger partial charge on any atom is 0.404 e. The van der Waals surface area contributed by atoms with E-state index in [2.05, 4.69) is 11.1 Å². The lowest BCUT2D eigenvalue weighted by Crippen LogP contribution is -2.42. The van der Waals surface area contributed by atoms with Crippen LogP contribution in [0.2, 0.25) is 0 Å². The van der Waals surface area contributed by atoms with Crippen LogP contribution in [0.15, 0.2) is 35.4 Å². The highest BCUT2D eigenvalue weighted by Gasteiger charge is 2.39. The zero-order valence-corrected chi connectivity index (χ0v) is 19.3. The molecule has 34 heavy (non-hydrogen) atoms. The maximum absolute atomic E-state index is 14.5. The number of aryl methyl sites for hydroxylation is 1. The Hall–Kier alpha value is -2.97. The second-order valence-corrected chi connectivity index (χ2v) is 10.2. The number of nitrogens with zero attached hydrogens (tertiary/aromatic N) is 3. The number of sulfonamides is 1. The number of benzene rings is 1. The minimum atomic E-state index is -4.74. The minimum absolute atomic E-state index is 0.0150. The first kappa shape index (κ1) is 24.2. The number of alkyl halides is 3. The number of nitrogens with one attached hydrogen (secondary N) is 1. The quantitative estimate of drug-likeness (QED) is 0.484. The van der Waals surface area contributed by atoms with Gasteiger partial charge in [0.15, 0.2) is 0 Å². The molecule has 1 N–H and O–H groups in total. The molecule has 4 rings (SSSR count). The molecule has 1 saturated carbocycles. The molecule has 0 spiro atoms. The summed E-state index contributed by atoms with van der Waals surface area (Å²) in [7, 11) is -4.47. The van der Waals surface area contributed by atoms with E-state index >= 15 is 0 Å². The van der Waals surface area contributed by atoms with Crippen LogP contribution in [0.3, 0.4) is 0 Å². The Morgan fingerprint density at radius 2 is 1.91 bits per heavy atom. The van der Waals surface area contributed by atoms with Crippen LogP contribution < -0.4 is 4.72 Å². The van der Waals surface area contributed by atoms with Crippen molar-refractivity contribution in [2.45, 2.75) is 62.7 Å². The number of aromatic nitrogens is 2. The summed E-state index contributed by atoms with van der Waals surface area (Å²) in [6.07, 6.45) is -0.144. The normalized spacial score (nSPS) is 16.1. The van der Waals surface area contributed by atoms with Crippen molar-refractivity contribution < 1.29 is 26.0 Å². The number of halogens is 4. The van der Waals surface area contributed by atoms with Gasteiger partial charge in [0.05, 0.1) is 22.5 Å². The van der Waals surface area contributed by atoms with Crippen molar-refractivity contribution in [1.82, 2.24) is 14.3 Å². The van der Waals surface area contributed by atoms with E-state index in [1.165, 1.54) is 12.1 Å². The Balaban J connectivity index is 1.84. The molecule has 0 radical (unpaired) electrons. The van der Waals surface area contributed by atoms with Crippen molar-refractivity contribution in [2.75, 3.05) is 0 Å². The molecule has 1 fully saturated rings. The topological polar surface area (TPSA) is 87.8 Å². The summed E-state index contributed by atoms with van der Waals surface area (Å²) < 4.78 is 81.2. The molecule has 2 aromatic heterocycles.